The molecule has 4 aromatic rings. The molecule has 1 aliphatic rings. The summed E-state index contributed by atoms with van der Waals surface area (Å²) >= 11 is 2.41. The highest BCUT2D eigenvalue weighted by Crippen LogP contribution is 2.33. The molecule has 11 heteroatoms. The number of thiophene rings is 1. The molecule has 1 aliphatic heterocycles. The Bertz CT molecular complexity index is 1370. The number of hydrogen-bond acceptors (Lipinski definition) is 8. The number of carbonyl (C=O) groups is 1. The predicted molar refractivity (Wildman–Crippen MR) is 124 cm³/mol. The van der Waals surface area contributed by atoms with Gasteiger partial charge in [0.15, 0.2) is 10.9 Å². The number of amides is 1. The van der Waals surface area contributed by atoms with Crippen LogP contribution in [0.25, 0.3) is 22.4 Å². The summed E-state index contributed by atoms with van der Waals surface area (Å²) in [4.78, 5) is 17.4. The first-order chi connectivity index (χ1) is 15.5. The number of ether oxygens (including phenoxy) is 1. The first kappa shape index (κ1) is 21.1. The minimum absolute atomic E-state index is 0.246. The Labute approximate surface area is 192 Å². The number of hydrogen-bond donors (Lipinski definition) is 1. The van der Waals surface area contributed by atoms with Crippen molar-refractivity contribution in [2.45, 2.75) is 23.1 Å². The fraction of sp³-hybridized carbons (Fsp3) is 0.238. The Morgan fingerprint density at radius 2 is 2.16 bits per heavy atom. The van der Waals surface area contributed by atoms with Gasteiger partial charge in [-0.05, 0) is 42.5 Å². The minimum atomic E-state index is -3.69. The lowest BCUT2D eigenvalue weighted by atomic mass is 10.2. The van der Waals surface area contributed by atoms with Crippen molar-refractivity contribution in [1.29, 1.82) is 0 Å². The van der Waals surface area contributed by atoms with Crippen LogP contribution in [0, 0.1) is 0 Å². The number of benzene rings is 1. The summed E-state index contributed by atoms with van der Waals surface area (Å²) in [5.74, 6) is 0.897. The quantitative estimate of drug-likeness (QED) is 0.430. The van der Waals surface area contributed by atoms with Gasteiger partial charge in [0, 0.05) is 23.4 Å². The summed E-state index contributed by atoms with van der Waals surface area (Å²) < 4.78 is 38.4. The van der Waals surface area contributed by atoms with Gasteiger partial charge in [0.2, 0.25) is 5.91 Å². The largest absolute Gasteiger partial charge is 0.497 e. The zero-order valence-corrected chi connectivity index (χ0v) is 19.4. The number of thiazole rings is 1. The van der Waals surface area contributed by atoms with Crippen LogP contribution >= 0.6 is 22.7 Å². The van der Waals surface area contributed by atoms with Crippen molar-refractivity contribution in [2.75, 3.05) is 19.0 Å². The van der Waals surface area contributed by atoms with E-state index in [1.165, 1.54) is 15.6 Å². The van der Waals surface area contributed by atoms with Gasteiger partial charge >= 0.3 is 0 Å². The van der Waals surface area contributed by atoms with Crippen LogP contribution in [-0.2, 0) is 14.8 Å². The second-order valence-corrected chi connectivity index (χ2v) is 11.2. The molecule has 0 bridgehead atoms. The van der Waals surface area contributed by atoms with Crippen molar-refractivity contribution in [1.82, 2.24) is 9.29 Å². The standard InChI is InChI=1S/C21H19N3O5S3/c1-28-14-7-6-13-10-18(29-17(13)11-14)15-12-31-21(22-15)23-20(25)16-4-2-8-24(16)32(26,27)19-5-3-9-30-19/h3,5-7,9-12,16H,2,4,8H2,1H3,(H,22,23,25). The van der Waals surface area contributed by atoms with Gasteiger partial charge in [-0.25, -0.2) is 13.4 Å². The van der Waals surface area contributed by atoms with Crippen LogP contribution in [0.1, 0.15) is 12.8 Å². The summed E-state index contributed by atoms with van der Waals surface area (Å²) in [5.41, 5.74) is 1.27. The Kier molecular flexibility index (Phi) is 5.49. The van der Waals surface area contributed by atoms with Gasteiger partial charge < -0.3 is 14.5 Å². The van der Waals surface area contributed by atoms with E-state index in [1.807, 2.05) is 18.2 Å². The number of carbonyl (C=O) groups excluding carboxylic acids is 1. The van der Waals surface area contributed by atoms with Crippen molar-refractivity contribution < 1.29 is 22.4 Å². The summed E-state index contributed by atoms with van der Waals surface area (Å²) in [7, 11) is -2.10. The predicted octanol–water partition coefficient (Wildman–Crippen LogP) is 4.42. The topological polar surface area (TPSA) is 102 Å². The summed E-state index contributed by atoms with van der Waals surface area (Å²) in [5, 5.41) is 7.59. The average Bonchev–Trinajstić information content (AvgIpc) is 3.58. The molecule has 0 aliphatic carbocycles. The third kappa shape index (κ3) is 3.81. The van der Waals surface area contributed by atoms with Gasteiger partial charge in [-0.1, -0.05) is 6.07 Å². The van der Waals surface area contributed by atoms with Crippen LogP contribution in [0.5, 0.6) is 5.75 Å². The van der Waals surface area contributed by atoms with Gasteiger partial charge in [-0.2, -0.15) is 4.31 Å². The highest BCUT2D eigenvalue weighted by atomic mass is 32.2. The number of rotatable bonds is 6. The van der Waals surface area contributed by atoms with Gasteiger partial charge in [0.05, 0.1) is 7.11 Å². The van der Waals surface area contributed by atoms with Crippen molar-refractivity contribution >= 4 is 54.7 Å². The van der Waals surface area contributed by atoms with E-state index in [-0.39, 0.29) is 10.1 Å². The molecule has 1 saturated heterocycles. The molecule has 166 valence electrons. The molecule has 1 N–H and O–H groups in total. The number of furan rings is 1. The maximum Gasteiger partial charge on any atom is 0.253 e. The number of nitrogens with zero attached hydrogens (tertiary/aromatic N) is 2. The second-order valence-electron chi connectivity index (χ2n) is 7.25. The van der Waals surface area contributed by atoms with Crippen molar-refractivity contribution in [3.05, 3.63) is 47.2 Å². The molecule has 1 amide bonds. The number of aromatic nitrogens is 1. The smallest absolute Gasteiger partial charge is 0.253 e. The molecule has 4 heterocycles. The molecular weight excluding hydrogens is 470 g/mol. The molecule has 0 spiro atoms. The van der Waals surface area contributed by atoms with Gasteiger partial charge in [-0.3, -0.25) is 4.79 Å². The number of fused-ring (bicyclic) bond motifs is 1. The van der Waals surface area contributed by atoms with Crippen LogP contribution in [-0.4, -0.2) is 43.3 Å². The number of sulfonamides is 1. The van der Waals surface area contributed by atoms with Crippen molar-refractivity contribution in [3.8, 4) is 17.2 Å². The third-order valence-corrected chi connectivity index (χ3v) is 9.32. The van der Waals surface area contributed by atoms with Crippen LogP contribution in [0.4, 0.5) is 5.13 Å². The monoisotopic (exact) mass is 489 g/mol. The molecule has 1 fully saturated rings. The Balaban J connectivity index is 1.33. The maximum atomic E-state index is 12.9. The maximum absolute atomic E-state index is 12.9. The molecule has 3 aromatic heterocycles. The van der Waals surface area contributed by atoms with E-state index >= 15 is 0 Å². The van der Waals surface area contributed by atoms with E-state index in [0.717, 1.165) is 16.7 Å². The number of nitrogens with one attached hydrogen (secondary N) is 1. The van der Waals surface area contributed by atoms with Crippen molar-refractivity contribution in [3.63, 3.8) is 0 Å². The minimum Gasteiger partial charge on any atom is -0.497 e. The molecule has 1 atom stereocenters. The highest BCUT2D eigenvalue weighted by Gasteiger charge is 2.40. The van der Waals surface area contributed by atoms with E-state index in [9.17, 15) is 13.2 Å². The molecule has 32 heavy (non-hydrogen) atoms. The zero-order chi connectivity index (χ0) is 22.3. The lowest BCUT2D eigenvalue weighted by molar-refractivity contribution is -0.119. The van der Waals surface area contributed by atoms with Crippen LogP contribution < -0.4 is 10.1 Å². The fourth-order valence-electron chi connectivity index (χ4n) is 3.71. The molecule has 0 radical (unpaired) electrons. The van der Waals surface area contributed by atoms with Gasteiger partial charge in [-0.15, -0.1) is 22.7 Å². The summed E-state index contributed by atoms with van der Waals surface area (Å²) in [6.45, 7) is 0.323. The SMILES string of the molecule is COc1ccc2cc(-c3csc(NC(=O)C4CCCN4S(=O)(=O)c4cccs4)n3)oc2c1. The molecule has 1 aromatic carbocycles. The lowest BCUT2D eigenvalue weighted by Crippen LogP contribution is -2.42. The molecule has 5 rings (SSSR count). The Morgan fingerprint density at radius 1 is 1.28 bits per heavy atom. The Morgan fingerprint density at radius 3 is 2.94 bits per heavy atom. The normalized spacial score (nSPS) is 17.1. The first-order valence-electron chi connectivity index (χ1n) is 9.85. The summed E-state index contributed by atoms with van der Waals surface area (Å²) in [6, 6.07) is 9.92. The molecule has 1 unspecified atom stereocenters. The van der Waals surface area contributed by atoms with Crippen molar-refractivity contribution in [2.24, 2.45) is 0 Å². The number of anilines is 1. The first-order valence-corrected chi connectivity index (χ1v) is 13.1. The number of methoxy groups -OCH3 is 1. The van der Waals surface area contributed by atoms with E-state index in [4.69, 9.17) is 9.15 Å². The van der Waals surface area contributed by atoms with E-state index in [1.54, 1.807) is 36.1 Å². The lowest BCUT2D eigenvalue weighted by Gasteiger charge is -2.22. The van der Waals surface area contributed by atoms with Crippen LogP contribution in [0.3, 0.4) is 0 Å². The fourth-order valence-corrected chi connectivity index (χ4v) is 7.19. The average molecular weight is 490 g/mol. The molecular formula is C21H19N3O5S3. The Hall–Kier alpha value is -2.73. The van der Waals surface area contributed by atoms with E-state index in [2.05, 4.69) is 10.3 Å². The molecule has 0 saturated carbocycles. The second kappa shape index (κ2) is 8.32. The third-order valence-electron chi connectivity index (χ3n) is 5.28. The van der Waals surface area contributed by atoms with E-state index in [0.29, 0.717) is 47.3 Å². The molecule has 8 nitrogen and oxygen atoms in total. The van der Waals surface area contributed by atoms with Crippen LogP contribution in [0.2, 0.25) is 0 Å². The van der Waals surface area contributed by atoms with Gasteiger partial charge in [0.25, 0.3) is 10.0 Å². The van der Waals surface area contributed by atoms with E-state index < -0.39 is 16.1 Å². The van der Waals surface area contributed by atoms with Gasteiger partial charge in [0.1, 0.15) is 27.3 Å². The van der Waals surface area contributed by atoms with Crippen LogP contribution in [0.15, 0.2) is 55.8 Å². The zero-order valence-electron chi connectivity index (χ0n) is 17.0. The highest BCUT2D eigenvalue weighted by molar-refractivity contribution is 7.91. The summed E-state index contributed by atoms with van der Waals surface area (Å²) in [6.07, 6.45) is 1.11.